The Labute approximate surface area is 95.2 Å². The second kappa shape index (κ2) is 6.13. The molecule has 0 bridgehead atoms. The minimum absolute atomic E-state index is 0.119. The van der Waals surface area contributed by atoms with Crippen molar-refractivity contribution in [2.75, 3.05) is 12.3 Å². The van der Waals surface area contributed by atoms with Gasteiger partial charge in [-0.05, 0) is 30.5 Å². The number of hydrogen-bond donors (Lipinski definition) is 1. The summed E-state index contributed by atoms with van der Waals surface area (Å²) in [6, 6.07) is 5.22. The topological polar surface area (TPSA) is 26.0 Å². The van der Waals surface area contributed by atoms with Crippen LogP contribution in [0.5, 0.6) is 0 Å². The minimum atomic E-state index is -0.119. The lowest BCUT2D eigenvalue weighted by molar-refractivity contribution is 0.596. The lowest BCUT2D eigenvalue weighted by atomic mass is 10.1. The van der Waals surface area contributed by atoms with Gasteiger partial charge in [0, 0.05) is 10.6 Å². The van der Waals surface area contributed by atoms with E-state index >= 15 is 0 Å². The van der Waals surface area contributed by atoms with Crippen LogP contribution in [-0.2, 0) is 6.42 Å². The summed E-state index contributed by atoms with van der Waals surface area (Å²) in [7, 11) is 0. The summed E-state index contributed by atoms with van der Waals surface area (Å²) in [5, 5.41) is 0. The minimum Gasteiger partial charge on any atom is -0.330 e. The Balaban J connectivity index is 2.81. The molecule has 0 amide bonds. The molecule has 0 fully saturated rings. The Bertz CT molecular complexity index is 312. The van der Waals surface area contributed by atoms with Gasteiger partial charge in [-0.2, -0.15) is 0 Å². The first-order valence-electron chi connectivity index (χ1n) is 5.25. The molecule has 2 N–H and O–H groups in total. The number of nitrogens with two attached hydrogens (primary N) is 1. The van der Waals surface area contributed by atoms with Gasteiger partial charge < -0.3 is 5.73 Å². The number of rotatable bonds is 5. The van der Waals surface area contributed by atoms with Crippen molar-refractivity contribution < 1.29 is 4.39 Å². The Hall–Kier alpha value is -0.540. The predicted octanol–water partition coefficient (Wildman–Crippen LogP) is 3.08. The van der Waals surface area contributed by atoms with Crippen LogP contribution in [0.2, 0.25) is 0 Å². The normalized spacial score (nSPS) is 11.0. The maximum atomic E-state index is 13.6. The molecule has 0 atom stereocenters. The molecule has 0 aliphatic carbocycles. The maximum Gasteiger partial charge on any atom is 0.137 e. The van der Waals surface area contributed by atoms with Crippen LogP contribution in [0, 0.1) is 11.7 Å². The number of thioether (sulfide) groups is 1. The van der Waals surface area contributed by atoms with E-state index in [4.69, 9.17) is 5.73 Å². The Morgan fingerprint density at radius 3 is 2.73 bits per heavy atom. The largest absolute Gasteiger partial charge is 0.330 e. The zero-order valence-corrected chi connectivity index (χ0v) is 10.1. The molecular formula is C12H18FNS. The van der Waals surface area contributed by atoms with E-state index in [1.807, 2.05) is 6.07 Å². The van der Waals surface area contributed by atoms with Crippen LogP contribution in [0.15, 0.2) is 23.1 Å². The second-order valence-corrected chi connectivity index (χ2v) is 5.00. The molecule has 1 nitrogen and oxygen atoms in total. The quantitative estimate of drug-likeness (QED) is 0.782. The molecule has 0 radical (unpaired) electrons. The van der Waals surface area contributed by atoms with E-state index in [0.29, 0.717) is 12.5 Å². The van der Waals surface area contributed by atoms with Crippen LogP contribution in [-0.4, -0.2) is 12.3 Å². The van der Waals surface area contributed by atoms with Crippen molar-refractivity contribution in [3.8, 4) is 0 Å². The van der Waals surface area contributed by atoms with Crippen LogP contribution >= 0.6 is 11.8 Å². The van der Waals surface area contributed by atoms with Crippen LogP contribution in [0.25, 0.3) is 0 Å². The SMILES string of the molecule is CC(C)CSc1c(F)cccc1CCN. The molecule has 0 aromatic heterocycles. The fraction of sp³-hybridized carbons (Fsp3) is 0.500. The van der Waals surface area contributed by atoms with Gasteiger partial charge >= 0.3 is 0 Å². The lowest BCUT2D eigenvalue weighted by Crippen LogP contribution is -2.05. The number of benzene rings is 1. The Morgan fingerprint density at radius 1 is 1.40 bits per heavy atom. The molecule has 1 rings (SSSR count). The molecule has 1 aromatic carbocycles. The number of halogens is 1. The fourth-order valence-corrected chi connectivity index (χ4v) is 2.38. The van der Waals surface area contributed by atoms with Crippen molar-refractivity contribution >= 4 is 11.8 Å². The fourth-order valence-electron chi connectivity index (χ4n) is 1.32. The summed E-state index contributed by atoms with van der Waals surface area (Å²) < 4.78 is 13.6. The lowest BCUT2D eigenvalue weighted by Gasteiger charge is -2.10. The standard InChI is InChI=1S/C12H18FNS/c1-9(2)8-15-12-10(6-7-14)4-3-5-11(12)13/h3-5,9H,6-8,14H2,1-2H3. The first-order chi connectivity index (χ1) is 7.15. The third-order valence-corrected chi connectivity index (χ3v) is 3.60. The van der Waals surface area contributed by atoms with Gasteiger partial charge in [0.25, 0.3) is 0 Å². The summed E-state index contributed by atoms with van der Waals surface area (Å²) in [6.45, 7) is 4.84. The summed E-state index contributed by atoms with van der Waals surface area (Å²) >= 11 is 1.59. The molecule has 0 saturated carbocycles. The molecule has 84 valence electrons. The van der Waals surface area contributed by atoms with Gasteiger partial charge in [-0.3, -0.25) is 0 Å². The van der Waals surface area contributed by atoms with Gasteiger partial charge in [-0.15, -0.1) is 11.8 Å². The van der Waals surface area contributed by atoms with Gasteiger partial charge in [0.05, 0.1) is 0 Å². The third-order valence-electron chi connectivity index (χ3n) is 2.02. The van der Waals surface area contributed by atoms with Crippen LogP contribution in [0.3, 0.4) is 0 Å². The Kier molecular flexibility index (Phi) is 5.12. The molecule has 0 heterocycles. The van der Waals surface area contributed by atoms with E-state index in [-0.39, 0.29) is 5.82 Å². The van der Waals surface area contributed by atoms with Gasteiger partial charge in [0.1, 0.15) is 5.82 Å². The first kappa shape index (κ1) is 12.5. The molecule has 0 spiro atoms. The van der Waals surface area contributed by atoms with Crippen molar-refractivity contribution in [1.82, 2.24) is 0 Å². The van der Waals surface area contributed by atoms with E-state index in [2.05, 4.69) is 13.8 Å². The van der Waals surface area contributed by atoms with E-state index in [1.54, 1.807) is 17.8 Å². The van der Waals surface area contributed by atoms with E-state index in [9.17, 15) is 4.39 Å². The van der Waals surface area contributed by atoms with Gasteiger partial charge in [0.15, 0.2) is 0 Å². The van der Waals surface area contributed by atoms with Crippen molar-refractivity contribution in [2.24, 2.45) is 11.7 Å². The summed E-state index contributed by atoms with van der Waals surface area (Å²) in [6.07, 6.45) is 0.748. The first-order valence-corrected chi connectivity index (χ1v) is 6.24. The second-order valence-electron chi connectivity index (χ2n) is 3.97. The highest BCUT2D eigenvalue weighted by molar-refractivity contribution is 7.99. The van der Waals surface area contributed by atoms with Crippen LogP contribution in [0.4, 0.5) is 4.39 Å². The third kappa shape index (κ3) is 3.84. The van der Waals surface area contributed by atoms with E-state index < -0.39 is 0 Å². The molecule has 1 aromatic rings. The van der Waals surface area contributed by atoms with Crippen molar-refractivity contribution in [1.29, 1.82) is 0 Å². The van der Waals surface area contributed by atoms with Gasteiger partial charge in [0.2, 0.25) is 0 Å². The average Bonchev–Trinajstić information content (AvgIpc) is 2.17. The molecule has 0 saturated heterocycles. The maximum absolute atomic E-state index is 13.6. The smallest absolute Gasteiger partial charge is 0.137 e. The van der Waals surface area contributed by atoms with Gasteiger partial charge in [-0.25, -0.2) is 4.39 Å². The molecule has 3 heteroatoms. The summed E-state index contributed by atoms with van der Waals surface area (Å²) in [5.41, 5.74) is 6.53. The molecule has 0 aliphatic heterocycles. The summed E-state index contributed by atoms with van der Waals surface area (Å²) in [4.78, 5) is 0.775. The summed E-state index contributed by atoms with van der Waals surface area (Å²) in [5.74, 6) is 1.39. The highest BCUT2D eigenvalue weighted by atomic mass is 32.2. The number of hydrogen-bond acceptors (Lipinski definition) is 2. The highest BCUT2D eigenvalue weighted by Gasteiger charge is 2.08. The average molecular weight is 227 g/mol. The van der Waals surface area contributed by atoms with Gasteiger partial charge in [-0.1, -0.05) is 26.0 Å². The predicted molar refractivity (Wildman–Crippen MR) is 64.7 cm³/mol. The van der Waals surface area contributed by atoms with Crippen molar-refractivity contribution in [3.05, 3.63) is 29.6 Å². The molecule has 0 aliphatic rings. The molecular weight excluding hydrogens is 209 g/mol. The molecule has 0 unspecified atom stereocenters. The zero-order valence-electron chi connectivity index (χ0n) is 9.29. The highest BCUT2D eigenvalue weighted by Crippen LogP contribution is 2.27. The van der Waals surface area contributed by atoms with E-state index in [1.165, 1.54) is 6.07 Å². The van der Waals surface area contributed by atoms with Crippen molar-refractivity contribution in [2.45, 2.75) is 25.2 Å². The zero-order chi connectivity index (χ0) is 11.3. The van der Waals surface area contributed by atoms with Crippen molar-refractivity contribution in [3.63, 3.8) is 0 Å². The van der Waals surface area contributed by atoms with E-state index in [0.717, 1.165) is 22.6 Å². The Morgan fingerprint density at radius 2 is 2.13 bits per heavy atom. The monoisotopic (exact) mass is 227 g/mol. The van der Waals surface area contributed by atoms with Crippen LogP contribution in [0.1, 0.15) is 19.4 Å². The molecule has 15 heavy (non-hydrogen) atoms. The van der Waals surface area contributed by atoms with Crippen LogP contribution < -0.4 is 5.73 Å².